The zero-order valence-corrected chi connectivity index (χ0v) is 11.5. The average molecular weight is 285 g/mol. The molecule has 0 saturated heterocycles. The Morgan fingerprint density at radius 3 is 2.26 bits per heavy atom. The van der Waals surface area contributed by atoms with Crippen LogP contribution in [0.2, 0.25) is 0 Å². The summed E-state index contributed by atoms with van der Waals surface area (Å²) in [5, 5.41) is 7.09. The zero-order valence-electron chi connectivity index (χ0n) is 11.5. The molecule has 8 heteroatoms. The third-order valence-corrected chi connectivity index (χ3v) is 2.80. The summed E-state index contributed by atoms with van der Waals surface area (Å²) in [6.07, 6.45) is -4.52. The van der Waals surface area contributed by atoms with E-state index in [0.29, 0.717) is 19.8 Å². The molecule has 0 amide bonds. The molecular formula is C11H22F3N3O2. The van der Waals surface area contributed by atoms with Crippen LogP contribution in [0.4, 0.5) is 13.2 Å². The fraction of sp³-hybridized carbons (Fsp3) is 0.909. The van der Waals surface area contributed by atoms with Crippen LogP contribution >= 0.6 is 0 Å². The van der Waals surface area contributed by atoms with Gasteiger partial charge in [0.05, 0.1) is 13.2 Å². The maximum Gasteiger partial charge on any atom is 0.399 e. The fourth-order valence-corrected chi connectivity index (χ4v) is 1.66. The second kappa shape index (κ2) is 8.34. The Labute approximate surface area is 111 Å². The van der Waals surface area contributed by atoms with Crippen molar-refractivity contribution in [1.29, 1.82) is 5.41 Å². The van der Waals surface area contributed by atoms with E-state index in [2.05, 4.69) is 0 Å². The molecule has 0 bridgehead atoms. The summed E-state index contributed by atoms with van der Waals surface area (Å²) in [4.78, 5) is 1.56. The average Bonchev–Trinajstić information content (AvgIpc) is 2.27. The molecule has 0 aromatic rings. The molecule has 0 saturated carbocycles. The number of alkyl halides is 3. The van der Waals surface area contributed by atoms with E-state index in [1.165, 1.54) is 14.2 Å². The number of amidine groups is 1. The quantitative estimate of drug-likeness (QED) is 0.491. The van der Waals surface area contributed by atoms with Crippen molar-refractivity contribution in [2.45, 2.75) is 19.1 Å². The third-order valence-electron chi connectivity index (χ3n) is 2.80. The van der Waals surface area contributed by atoms with Gasteiger partial charge >= 0.3 is 6.18 Å². The van der Waals surface area contributed by atoms with Crippen LogP contribution in [0.5, 0.6) is 0 Å². The molecule has 2 atom stereocenters. The van der Waals surface area contributed by atoms with Gasteiger partial charge in [0, 0.05) is 33.4 Å². The SMILES string of the molecule is COCCN(CC(C(=N)N)C(F)(F)F)C(C)COC. The van der Waals surface area contributed by atoms with Gasteiger partial charge in [-0.05, 0) is 6.92 Å². The molecule has 19 heavy (non-hydrogen) atoms. The van der Waals surface area contributed by atoms with E-state index in [1.54, 1.807) is 11.8 Å². The lowest BCUT2D eigenvalue weighted by Crippen LogP contribution is -2.48. The summed E-state index contributed by atoms with van der Waals surface area (Å²) >= 11 is 0. The first-order chi connectivity index (χ1) is 8.73. The van der Waals surface area contributed by atoms with Crippen LogP contribution in [0, 0.1) is 11.3 Å². The topological polar surface area (TPSA) is 71.6 Å². The Bertz CT molecular complexity index is 274. The van der Waals surface area contributed by atoms with Crippen molar-refractivity contribution in [3.63, 3.8) is 0 Å². The maximum absolute atomic E-state index is 12.8. The maximum atomic E-state index is 12.8. The third kappa shape index (κ3) is 6.74. The molecule has 0 spiro atoms. The molecule has 5 nitrogen and oxygen atoms in total. The van der Waals surface area contributed by atoms with Crippen molar-refractivity contribution < 1.29 is 22.6 Å². The molecule has 2 unspecified atom stereocenters. The van der Waals surface area contributed by atoms with Crippen molar-refractivity contribution in [2.24, 2.45) is 11.7 Å². The lowest BCUT2D eigenvalue weighted by atomic mass is 10.1. The number of halogens is 3. The monoisotopic (exact) mass is 285 g/mol. The number of nitrogens with one attached hydrogen (secondary N) is 1. The van der Waals surface area contributed by atoms with Crippen LogP contribution in [0.3, 0.4) is 0 Å². The standard InChI is InChI=1S/C11H22F3N3O2/c1-8(7-19-3)17(4-5-18-2)6-9(10(15)16)11(12,13)14/h8-9H,4-7H2,1-3H3,(H3,15,16). The van der Waals surface area contributed by atoms with Crippen molar-refractivity contribution in [1.82, 2.24) is 4.90 Å². The second-order valence-corrected chi connectivity index (χ2v) is 4.34. The summed E-state index contributed by atoms with van der Waals surface area (Å²) in [5.74, 6) is -2.84. The van der Waals surface area contributed by atoms with E-state index < -0.39 is 17.9 Å². The van der Waals surface area contributed by atoms with E-state index in [9.17, 15) is 13.2 Å². The Morgan fingerprint density at radius 2 is 1.89 bits per heavy atom. The number of nitrogens with two attached hydrogens (primary N) is 1. The van der Waals surface area contributed by atoms with Gasteiger partial charge in [0.2, 0.25) is 0 Å². The minimum absolute atomic E-state index is 0.218. The van der Waals surface area contributed by atoms with Crippen molar-refractivity contribution >= 4 is 5.84 Å². The van der Waals surface area contributed by atoms with Gasteiger partial charge in [-0.15, -0.1) is 0 Å². The number of hydrogen-bond donors (Lipinski definition) is 2. The van der Waals surface area contributed by atoms with Gasteiger partial charge in [-0.1, -0.05) is 0 Å². The Morgan fingerprint density at radius 1 is 1.32 bits per heavy atom. The lowest BCUT2D eigenvalue weighted by Gasteiger charge is -2.32. The molecule has 3 N–H and O–H groups in total. The van der Waals surface area contributed by atoms with E-state index in [0.717, 1.165) is 0 Å². The van der Waals surface area contributed by atoms with Crippen LogP contribution in [0.1, 0.15) is 6.92 Å². The van der Waals surface area contributed by atoms with E-state index in [1.807, 2.05) is 0 Å². The fourth-order valence-electron chi connectivity index (χ4n) is 1.66. The second-order valence-electron chi connectivity index (χ2n) is 4.34. The molecule has 114 valence electrons. The number of ether oxygens (including phenoxy) is 2. The minimum Gasteiger partial charge on any atom is -0.387 e. The molecule has 0 aliphatic carbocycles. The number of rotatable bonds is 9. The van der Waals surface area contributed by atoms with Crippen molar-refractivity contribution in [3.8, 4) is 0 Å². The highest BCUT2D eigenvalue weighted by atomic mass is 19.4. The molecule has 0 aromatic heterocycles. The zero-order chi connectivity index (χ0) is 15.1. The lowest BCUT2D eigenvalue weighted by molar-refractivity contribution is -0.162. The van der Waals surface area contributed by atoms with Crippen molar-refractivity contribution in [3.05, 3.63) is 0 Å². The van der Waals surface area contributed by atoms with Crippen LogP contribution in [0.15, 0.2) is 0 Å². The van der Waals surface area contributed by atoms with Gasteiger partial charge in [-0.3, -0.25) is 10.3 Å². The van der Waals surface area contributed by atoms with Gasteiger partial charge in [0.1, 0.15) is 11.8 Å². The Balaban J connectivity index is 4.79. The molecule has 0 aliphatic heterocycles. The van der Waals surface area contributed by atoms with Crippen LogP contribution in [0.25, 0.3) is 0 Å². The first-order valence-corrected chi connectivity index (χ1v) is 5.86. The van der Waals surface area contributed by atoms with Crippen LogP contribution in [-0.2, 0) is 9.47 Å². The van der Waals surface area contributed by atoms with E-state index in [4.69, 9.17) is 20.6 Å². The molecule has 0 heterocycles. The predicted molar refractivity (Wildman–Crippen MR) is 66.2 cm³/mol. The molecule has 0 fully saturated rings. The summed E-state index contributed by atoms with van der Waals surface area (Å²) in [7, 11) is 2.96. The Hall–Kier alpha value is -0.860. The molecule has 0 aliphatic rings. The first-order valence-electron chi connectivity index (χ1n) is 5.86. The molecular weight excluding hydrogens is 263 g/mol. The highest BCUT2D eigenvalue weighted by molar-refractivity contribution is 5.80. The summed E-state index contributed by atoms with van der Waals surface area (Å²) in [6, 6.07) is -0.218. The molecule has 0 rings (SSSR count). The predicted octanol–water partition coefficient (Wildman–Crippen LogP) is 1.08. The first kappa shape index (κ1) is 18.1. The normalized spacial score (nSPS) is 15.5. The van der Waals surface area contributed by atoms with Gasteiger partial charge in [0.25, 0.3) is 0 Å². The summed E-state index contributed by atoms with van der Waals surface area (Å²) in [6.45, 7) is 2.31. The van der Waals surface area contributed by atoms with Gasteiger partial charge in [0.15, 0.2) is 0 Å². The van der Waals surface area contributed by atoms with Crippen LogP contribution in [-0.4, -0.2) is 63.5 Å². The number of hydrogen-bond acceptors (Lipinski definition) is 4. The van der Waals surface area contributed by atoms with Crippen molar-refractivity contribution in [2.75, 3.05) is 40.5 Å². The minimum atomic E-state index is -4.52. The van der Waals surface area contributed by atoms with Gasteiger partial charge < -0.3 is 15.2 Å². The molecule has 0 aromatic carbocycles. The number of methoxy groups -OCH3 is 2. The number of nitrogens with zero attached hydrogens (tertiary/aromatic N) is 1. The largest absolute Gasteiger partial charge is 0.399 e. The smallest absolute Gasteiger partial charge is 0.387 e. The highest BCUT2D eigenvalue weighted by Gasteiger charge is 2.43. The van der Waals surface area contributed by atoms with Crippen LogP contribution < -0.4 is 5.73 Å². The molecule has 0 radical (unpaired) electrons. The van der Waals surface area contributed by atoms with E-state index in [-0.39, 0.29) is 12.6 Å². The van der Waals surface area contributed by atoms with E-state index >= 15 is 0 Å². The summed E-state index contributed by atoms with van der Waals surface area (Å²) in [5.41, 5.74) is 5.05. The Kier molecular flexibility index (Phi) is 7.96. The van der Waals surface area contributed by atoms with Gasteiger partial charge in [-0.2, -0.15) is 13.2 Å². The highest BCUT2D eigenvalue weighted by Crippen LogP contribution is 2.27. The van der Waals surface area contributed by atoms with Gasteiger partial charge in [-0.25, -0.2) is 0 Å². The summed E-state index contributed by atoms with van der Waals surface area (Å²) < 4.78 is 48.2.